The summed E-state index contributed by atoms with van der Waals surface area (Å²) in [5.74, 6) is 1.96. The minimum absolute atomic E-state index is 0.852. The molecule has 0 atom stereocenters. The van der Waals surface area contributed by atoms with E-state index in [9.17, 15) is 0 Å². The molecule has 132 valence electrons. The van der Waals surface area contributed by atoms with Crippen LogP contribution in [0.3, 0.4) is 0 Å². The Balaban J connectivity index is 1.41. The van der Waals surface area contributed by atoms with Crippen LogP contribution in [0.15, 0.2) is 30.4 Å². The van der Waals surface area contributed by atoms with Crippen LogP contribution in [0, 0.1) is 0 Å². The molecule has 1 fully saturated rings. The quantitative estimate of drug-likeness (QED) is 0.550. The summed E-state index contributed by atoms with van der Waals surface area (Å²) in [7, 11) is 0. The molecule has 0 aliphatic carbocycles. The Bertz CT molecular complexity index is 1060. The molecule has 1 saturated heterocycles. The van der Waals surface area contributed by atoms with E-state index in [0.717, 1.165) is 65.7 Å². The Labute approximate surface area is 154 Å². The second-order valence-electron chi connectivity index (χ2n) is 6.21. The van der Waals surface area contributed by atoms with Gasteiger partial charge in [-0.05, 0) is 18.4 Å². The molecular weight excluding hydrogens is 348 g/mol. The first-order valence-corrected chi connectivity index (χ1v) is 9.57. The van der Waals surface area contributed by atoms with Crippen LogP contribution in [-0.4, -0.2) is 55.7 Å². The third kappa shape index (κ3) is 2.38. The van der Waals surface area contributed by atoms with Crippen LogP contribution in [0.1, 0.15) is 6.92 Å². The summed E-state index contributed by atoms with van der Waals surface area (Å²) in [5.41, 5.74) is 2.80. The molecule has 1 aliphatic heterocycles. The molecule has 1 aliphatic rings. The Kier molecular flexibility index (Phi) is 3.66. The van der Waals surface area contributed by atoms with E-state index in [1.54, 1.807) is 24.0 Å². The first-order chi connectivity index (χ1) is 12.8. The van der Waals surface area contributed by atoms with E-state index < -0.39 is 0 Å². The maximum atomic E-state index is 4.54. The highest BCUT2D eigenvalue weighted by Crippen LogP contribution is 2.29. The van der Waals surface area contributed by atoms with E-state index in [2.05, 4.69) is 47.0 Å². The standard InChI is InChI=1S/C17H18N8S/c1-2-23-11-22-13-15(23)19-10-20-16(13)24-4-6-25(7-5-24)17-14-12(3-8-26-14)18-9-21-17/h3,8-11H,2,4-7H2,1H3. The number of rotatable bonds is 3. The number of piperazine rings is 1. The molecule has 5 heterocycles. The zero-order chi connectivity index (χ0) is 17.5. The Hall–Kier alpha value is -2.81. The molecule has 0 aromatic carbocycles. The van der Waals surface area contributed by atoms with Gasteiger partial charge in [-0.15, -0.1) is 11.3 Å². The number of anilines is 2. The number of hydrogen-bond donors (Lipinski definition) is 0. The average Bonchev–Trinajstić information content (AvgIpc) is 3.34. The molecular formula is C17H18N8S. The van der Waals surface area contributed by atoms with E-state index in [4.69, 9.17) is 0 Å². The Morgan fingerprint density at radius 3 is 2.46 bits per heavy atom. The van der Waals surface area contributed by atoms with E-state index in [1.165, 1.54) is 0 Å². The van der Waals surface area contributed by atoms with E-state index >= 15 is 0 Å². The third-order valence-corrected chi connectivity index (χ3v) is 5.73. The van der Waals surface area contributed by atoms with Gasteiger partial charge in [0.2, 0.25) is 0 Å². The number of hydrogen-bond acceptors (Lipinski definition) is 8. The van der Waals surface area contributed by atoms with E-state index in [1.807, 2.05) is 17.0 Å². The second-order valence-corrected chi connectivity index (χ2v) is 7.12. The number of aryl methyl sites for hydroxylation is 1. The average molecular weight is 366 g/mol. The van der Waals surface area contributed by atoms with Crippen molar-refractivity contribution in [3.8, 4) is 0 Å². The van der Waals surface area contributed by atoms with Crippen molar-refractivity contribution in [1.82, 2.24) is 29.5 Å². The lowest BCUT2D eigenvalue weighted by molar-refractivity contribution is 0.644. The maximum absolute atomic E-state index is 4.54. The maximum Gasteiger partial charge on any atom is 0.165 e. The van der Waals surface area contributed by atoms with Crippen molar-refractivity contribution in [2.45, 2.75) is 13.5 Å². The molecule has 9 heteroatoms. The van der Waals surface area contributed by atoms with Gasteiger partial charge in [0.1, 0.15) is 18.5 Å². The lowest BCUT2D eigenvalue weighted by Gasteiger charge is -2.36. The van der Waals surface area contributed by atoms with Crippen LogP contribution in [-0.2, 0) is 6.54 Å². The zero-order valence-corrected chi connectivity index (χ0v) is 15.2. The second kappa shape index (κ2) is 6.17. The minimum atomic E-state index is 0.852. The van der Waals surface area contributed by atoms with Crippen molar-refractivity contribution in [2.24, 2.45) is 0 Å². The van der Waals surface area contributed by atoms with Gasteiger partial charge in [-0.1, -0.05) is 0 Å². The normalized spacial score (nSPS) is 15.3. The Morgan fingerprint density at radius 2 is 1.65 bits per heavy atom. The highest BCUT2D eigenvalue weighted by Gasteiger charge is 2.23. The highest BCUT2D eigenvalue weighted by atomic mass is 32.1. The van der Waals surface area contributed by atoms with Crippen molar-refractivity contribution in [2.75, 3.05) is 36.0 Å². The van der Waals surface area contributed by atoms with Crippen LogP contribution in [0.4, 0.5) is 11.6 Å². The van der Waals surface area contributed by atoms with Crippen molar-refractivity contribution in [3.05, 3.63) is 30.4 Å². The largest absolute Gasteiger partial charge is 0.352 e. The first kappa shape index (κ1) is 15.4. The molecule has 0 N–H and O–H groups in total. The number of aromatic nitrogens is 6. The monoisotopic (exact) mass is 366 g/mol. The van der Waals surface area contributed by atoms with Gasteiger partial charge in [0.25, 0.3) is 0 Å². The van der Waals surface area contributed by atoms with Crippen LogP contribution in [0.25, 0.3) is 21.4 Å². The predicted octanol–water partition coefficient (Wildman–Crippen LogP) is 2.18. The smallest absolute Gasteiger partial charge is 0.165 e. The van der Waals surface area contributed by atoms with Gasteiger partial charge in [-0.25, -0.2) is 24.9 Å². The molecule has 0 unspecified atom stereocenters. The third-order valence-electron chi connectivity index (χ3n) is 4.83. The molecule has 4 aromatic rings. The summed E-state index contributed by atoms with van der Waals surface area (Å²) >= 11 is 1.70. The molecule has 0 radical (unpaired) electrons. The number of nitrogens with zero attached hydrogens (tertiary/aromatic N) is 8. The van der Waals surface area contributed by atoms with E-state index in [-0.39, 0.29) is 0 Å². The molecule has 0 saturated carbocycles. The van der Waals surface area contributed by atoms with Gasteiger partial charge in [0.05, 0.1) is 16.5 Å². The fourth-order valence-electron chi connectivity index (χ4n) is 3.46. The molecule has 8 nitrogen and oxygen atoms in total. The molecule has 5 rings (SSSR count). The van der Waals surface area contributed by atoms with Crippen LogP contribution in [0.2, 0.25) is 0 Å². The van der Waals surface area contributed by atoms with Crippen LogP contribution >= 0.6 is 11.3 Å². The summed E-state index contributed by atoms with van der Waals surface area (Å²) in [6.07, 6.45) is 5.13. The molecule has 0 spiro atoms. The fraction of sp³-hybridized carbons (Fsp3) is 0.353. The van der Waals surface area contributed by atoms with Crippen molar-refractivity contribution < 1.29 is 0 Å². The van der Waals surface area contributed by atoms with Crippen molar-refractivity contribution in [3.63, 3.8) is 0 Å². The topological polar surface area (TPSA) is 75.9 Å². The summed E-state index contributed by atoms with van der Waals surface area (Å²) in [6, 6.07) is 2.04. The number of imidazole rings is 1. The van der Waals surface area contributed by atoms with Gasteiger partial charge in [0, 0.05) is 32.7 Å². The Morgan fingerprint density at radius 1 is 0.923 bits per heavy atom. The summed E-state index contributed by atoms with van der Waals surface area (Å²) in [4.78, 5) is 26.9. The molecule has 4 aromatic heterocycles. The minimum Gasteiger partial charge on any atom is -0.352 e. The van der Waals surface area contributed by atoms with Gasteiger partial charge in [-0.3, -0.25) is 0 Å². The van der Waals surface area contributed by atoms with Crippen LogP contribution < -0.4 is 9.80 Å². The van der Waals surface area contributed by atoms with Gasteiger partial charge < -0.3 is 14.4 Å². The van der Waals surface area contributed by atoms with Crippen molar-refractivity contribution in [1.29, 1.82) is 0 Å². The lowest BCUT2D eigenvalue weighted by atomic mass is 10.3. The molecule has 0 bridgehead atoms. The zero-order valence-electron chi connectivity index (χ0n) is 14.4. The number of fused-ring (bicyclic) bond motifs is 2. The lowest BCUT2D eigenvalue weighted by Crippen LogP contribution is -2.47. The van der Waals surface area contributed by atoms with Crippen LogP contribution in [0.5, 0.6) is 0 Å². The highest BCUT2D eigenvalue weighted by molar-refractivity contribution is 7.17. The fourth-order valence-corrected chi connectivity index (χ4v) is 4.32. The SMILES string of the molecule is CCn1cnc2c(N3CCN(c4ncnc5ccsc45)CC3)ncnc21. The number of thiophene rings is 1. The molecule has 26 heavy (non-hydrogen) atoms. The van der Waals surface area contributed by atoms with Gasteiger partial charge in [0.15, 0.2) is 17.0 Å². The van der Waals surface area contributed by atoms with Gasteiger partial charge in [-0.2, -0.15) is 0 Å². The summed E-state index contributed by atoms with van der Waals surface area (Å²) in [6.45, 7) is 6.48. The van der Waals surface area contributed by atoms with Crippen molar-refractivity contribution >= 4 is 44.4 Å². The summed E-state index contributed by atoms with van der Waals surface area (Å²) in [5, 5.41) is 2.07. The first-order valence-electron chi connectivity index (χ1n) is 8.69. The predicted molar refractivity (Wildman–Crippen MR) is 103 cm³/mol. The van der Waals surface area contributed by atoms with Gasteiger partial charge >= 0.3 is 0 Å². The van der Waals surface area contributed by atoms with E-state index in [0.29, 0.717) is 0 Å². The molecule has 0 amide bonds. The summed E-state index contributed by atoms with van der Waals surface area (Å²) < 4.78 is 3.21.